The van der Waals surface area contributed by atoms with Crippen LogP contribution < -0.4 is 5.32 Å². The third kappa shape index (κ3) is 4.56. The van der Waals surface area contributed by atoms with Gasteiger partial charge in [0.25, 0.3) is 0 Å². The zero-order valence-electron chi connectivity index (χ0n) is 13.6. The van der Waals surface area contributed by atoms with Crippen molar-refractivity contribution in [3.8, 4) is 0 Å². The number of aryl methyl sites for hydroxylation is 1. The molecular formula is C16H28N4O. The second kappa shape index (κ2) is 7.59. The van der Waals surface area contributed by atoms with Gasteiger partial charge in [-0.3, -0.25) is 14.4 Å². The van der Waals surface area contributed by atoms with Gasteiger partial charge in [0.05, 0.1) is 18.8 Å². The molecule has 1 unspecified atom stereocenters. The van der Waals surface area contributed by atoms with E-state index in [0.717, 1.165) is 24.3 Å². The van der Waals surface area contributed by atoms with Gasteiger partial charge in [-0.2, -0.15) is 5.10 Å². The smallest absolute Gasteiger partial charge is 0.234 e. The standard InChI is InChI=1S/C16H28N4O/c1-13(15-11-17-19(3)14(15)2)18-16(21)12-20-9-7-5-4-6-8-10-20/h11,13H,4-10,12H2,1-3H3,(H,18,21). The summed E-state index contributed by atoms with van der Waals surface area (Å²) < 4.78 is 1.84. The number of hydrogen-bond donors (Lipinski definition) is 1. The molecule has 5 nitrogen and oxygen atoms in total. The fourth-order valence-electron chi connectivity index (χ4n) is 2.98. The number of rotatable bonds is 4. The molecule has 0 aliphatic carbocycles. The maximum absolute atomic E-state index is 12.2. The Balaban J connectivity index is 1.84. The maximum atomic E-state index is 12.2. The molecule has 2 rings (SSSR count). The van der Waals surface area contributed by atoms with Crippen molar-refractivity contribution in [2.24, 2.45) is 7.05 Å². The highest BCUT2D eigenvalue weighted by Crippen LogP contribution is 2.16. The van der Waals surface area contributed by atoms with E-state index in [9.17, 15) is 4.79 Å². The van der Waals surface area contributed by atoms with E-state index in [2.05, 4.69) is 15.3 Å². The maximum Gasteiger partial charge on any atom is 0.234 e. The van der Waals surface area contributed by atoms with Crippen LogP contribution in [-0.2, 0) is 11.8 Å². The van der Waals surface area contributed by atoms with Crippen LogP contribution >= 0.6 is 0 Å². The van der Waals surface area contributed by atoms with Crippen LogP contribution in [0.4, 0.5) is 0 Å². The Kier molecular flexibility index (Phi) is 5.79. The number of nitrogens with zero attached hydrogens (tertiary/aromatic N) is 3. The van der Waals surface area contributed by atoms with Gasteiger partial charge in [-0.05, 0) is 39.8 Å². The number of carbonyl (C=O) groups excluding carboxylic acids is 1. The molecule has 0 aromatic carbocycles. The first-order valence-corrected chi connectivity index (χ1v) is 8.08. The molecule has 1 aromatic rings. The lowest BCUT2D eigenvalue weighted by Gasteiger charge is -2.24. The third-order valence-corrected chi connectivity index (χ3v) is 4.43. The number of aromatic nitrogens is 2. The quantitative estimate of drug-likeness (QED) is 0.925. The first kappa shape index (κ1) is 16.0. The fourth-order valence-corrected chi connectivity index (χ4v) is 2.98. The van der Waals surface area contributed by atoms with E-state index >= 15 is 0 Å². The summed E-state index contributed by atoms with van der Waals surface area (Å²) in [7, 11) is 1.92. The van der Waals surface area contributed by atoms with Crippen molar-refractivity contribution in [3.63, 3.8) is 0 Å². The Labute approximate surface area is 127 Å². The monoisotopic (exact) mass is 292 g/mol. The molecule has 1 fully saturated rings. The van der Waals surface area contributed by atoms with Crippen molar-refractivity contribution in [2.45, 2.75) is 52.0 Å². The highest BCUT2D eigenvalue weighted by Gasteiger charge is 2.17. The van der Waals surface area contributed by atoms with Crippen LogP contribution in [0.3, 0.4) is 0 Å². The Morgan fingerprint density at radius 3 is 2.48 bits per heavy atom. The Morgan fingerprint density at radius 1 is 1.29 bits per heavy atom. The molecule has 1 aromatic heterocycles. The summed E-state index contributed by atoms with van der Waals surface area (Å²) in [6.07, 6.45) is 8.20. The molecule has 1 aliphatic rings. The highest BCUT2D eigenvalue weighted by molar-refractivity contribution is 5.78. The zero-order chi connectivity index (χ0) is 15.2. The minimum atomic E-state index is 0.0148. The van der Waals surface area contributed by atoms with Crippen LogP contribution in [0.25, 0.3) is 0 Å². The van der Waals surface area contributed by atoms with Gasteiger partial charge in [0.15, 0.2) is 0 Å². The number of nitrogens with one attached hydrogen (secondary N) is 1. The van der Waals surface area contributed by atoms with Gasteiger partial charge in [0.1, 0.15) is 0 Å². The largest absolute Gasteiger partial charge is 0.348 e. The summed E-state index contributed by atoms with van der Waals surface area (Å²) in [4.78, 5) is 14.5. The zero-order valence-corrected chi connectivity index (χ0v) is 13.6. The van der Waals surface area contributed by atoms with Crippen LogP contribution in [0.15, 0.2) is 6.20 Å². The molecule has 118 valence electrons. The second-order valence-corrected chi connectivity index (χ2v) is 6.14. The lowest BCUT2D eigenvalue weighted by molar-refractivity contribution is -0.123. The molecule has 5 heteroatoms. The number of carbonyl (C=O) groups is 1. The van der Waals surface area contributed by atoms with E-state index in [4.69, 9.17) is 0 Å². The Morgan fingerprint density at radius 2 is 1.90 bits per heavy atom. The first-order valence-electron chi connectivity index (χ1n) is 8.08. The summed E-state index contributed by atoms with van der Waals surface area (Å²) in [5.41, 5.74) is 2.20. The molecule has 0 bridgehead atoms. The van der Waals surface area contributed by atoms with Crippen molar-refractivity contribution < 1.29 is 4.79 Å². The van der Waals surface area contributed by atoms with Crippen LogP contribution in [-0.4, -0.2) is 40.2 Å². The number of amides is 1. The molecule has 1 amide bonds. The van der Waals surface area contributed by atoms with Crippen molar-refractivity contribution >= 4 is 5.91 Å². The second-order valence-electron chi connectivity index (χ2n) is 6.14. The van der Waals surface area contributed by atoms with Gasteiger partial charge < -0.3 is 5.32 Å². The van der Waals surface area contributed by atoms with E-state index < -0.39 is 0 Å². The van der Waals surface area contributed by atoms with Crippen LogP contribution in [0.1, 0.15) is 56.3 Å². The van der Waals surface area contributed by atoms with Gasteiger partial charge in [-0.25, -0.2) is 0 Å². The van der Waals surface area contributed by atoms with E-state index in [1.165, 1.54) is 32.1 Å². The average molecular weight is 292 g/mol. The minimum Gasteiger partial charge on any atom is -0.348 e. The molecule has 0 saturated carbocycles. The van der Waals surface area contributed by atoms with Gasteiger partial charge in [-0.15, -0.1) is 0 Å². The van der Waals surface area contributed by atoms with Crippen molar-refractivity contribution in [1.82, 2.24) is 20.0 Å². The number of hydrogen-bond acceptors (Lipinski definition) is 3. The summed E-state index contributed by atoms with van der Waals surface area (Å²) in [5, 5.41) is 7.34. The van der Waals surface area contributed by atoms with E-state index in [0.29, 0.717) is 6.54 Å². The molecule has 1 saturated heterocycles. The van der Waals surface area contributed by atoms with Crippen molar-refractivity contribution in [3.05, 3.63) is 17.5 Å². The summed E-state index contributed by atoms with van der Waals surface area (Å²) in [6.45, 7) is 6.67. The highest BCUT2D eigenvalue weighted by atomic mass is 16.2. The van der Waals surface area contributed by atoms with Crippen LogP contribution in [0.2, 0.25) is 0 Å². The molecule has 1 atom stereocenters. The SMILES string of the molecule is Cc1c(C(C)NC(=O)CN2CCCCCCC2)cnn1C. The predicted octanol–water partition coefficient (Wildman–Crippen LogP) is 2.17. The van der Waals surface area contributed by atoms with E-state index in [-0.39, 0.29) is 11.9 Å². The van der Waals surface area contributed by atoms with Gasteiger partial charge in [-0.1, -0.05) is 19.3 Å². The predicted molar refractivity (Wildman–Crippen MR) is 84.0 cm³/mol. The molecule has 1 N–H and O–H groups in total. The normalized spacial score (nSPS) is 18.8. The molecule has 0 spiro atoms. The molecule has 2 heterocycles. The summed E-state index contributed by atoms with van der Waals surface area (Å²) in [5.74, 6) is 0.117. The Hall–Kier alpha value is -1.36. The van der Waals surface area contributed by atoms with Gasteiger partial charge in [0, 0.05) is 18.3 Å². The van der Waals surface area contributed by atoms with Crippen molar-refractivity contribution in [1.29, 1.82) is 0 Å². The average Bonchev–Trinajstić information content (AvgIpc) is 2.73. The van der Waals surface area contributed by atoms with E-state index in [1.807, 2.05) is 31.8 Å². The topological polar surface area (TPSA) is 50.2 Å². The molecule has 1 aliphatic heterocycles. The third-order valence-electron chi connectivity index (χ3n) is 4.43. The van der Waals surface area contributed by atoms with Gasteiger partial charge in [0.2, 0.25) is 5.91 Å². The fraction of sp³-hybridized carbons (Fsp3) is 0.750. The summed E-state index contributed by atoms with van der Waals surface area (Å²) in [6, 6.07) is 0.0148. The van der Waals surface area contributed by atoms with Crippen molar-refractivity contribution in [2.75, 3.05) is 19.6 Å². The van der Waals surface area contributed by atoms with Gasteiger partial charge >= 0.3 is 0 Å². The molecular weight excluding hydrogens is 264 g/mol. The lowest BCUT2D eigenvalue weighted by atomic mass is 10.1. The van der Waals surface area contributed by atoms with Crippen LogP contribution in [0, 0.1) is 6.92 Å². The number of likely N-dealkylation sites (tertiary alicyclic amines) is 1. The minimum absolute atomic E-state index is 0.0148. The first-order chi connectivity index (χ1) is 10.1. The molecule has 21 heavy (non-hydrogen) atoms. The molecule has 0 radical (unpaired) electrons. The Bertz CT molecular complexity index is 461. The lowest BCUT2D eigenvalue weighted by Crippen LogP contribution is -2.39. The summed E-state index contributed by atoms with van der Waals surface area (Å²) >= 11 is 0. The van der Waals surface area contributed by atoms with Crippen LogP contribution in [0.5, 0.6) is 0 Å². The van der Waals surface area contributed by atoms with E-state index in [1.54, 1.807) is 0 Å².